The molecule has 0 atom stereocenters. The highest BCUT2D eigenvalue weighted by Crippen LogP contribution is 2.18. The maximum Gasteiger partial charge on any atom is 0.307 e. The third kappa shape index (κ3) is 4.64. The van der Waals surface area contributed by atoms with Crippen LogP contribution >= 0.6 is 46.6 Å². The molecule has 4 nitrogen and oxygen atoms in total. The second kappa shape index (κ2) is 7.05. The second-order valence-corrected chi connectivity index (χ2v) is 4.18. The average Bonchev–Trinajstić information content (AvgIpc) is 2.09. The quantitative estimate of drug-likeness (QED) is 0.694. The fourth-order valence-corrected chi connectivity index (χ4v) is 2.03. The molecular weight excluding hydrogens is 438 g/mol. The average molecular weight is 448 g/mol. The van der Waals surface area contributed by atoms with Crippen molar-refractivity contribution in [3.63, 3.8) is 0 Å². The minimum absolute atomic E-state index is 0. The normalized spacial score (nSPS) is 9.31. The molecule has 0 fully saturated rings. The van der Waals surface area contributed by atoms with Crippen LogP contribution in [0.5, 0.6) is 0 Å². The first-order valence-corrected chi connectivity index (χ1v) is 5.28. The van der Waals surface area contributed by atoms with E-state index in [2.05, 4.69) is 0 Å². The highest BCUT2D eigenvalue weighted by Gasteiger charge is 2.12. The van der Waals surface area contributed by atoms with E-state index in [-0.39, 0.29) is 36.8 Å². The van der Waals surface area contributed by atoms with Crippen LogP contribution in [0.1, 0.15) is 11.1 Å². The molecule has 0 spiro atoms. The third-order valence-corrected chi connectivity index (χ3v) is 2.90. The SMILES string of the molecule is I.O=C(O)Cc1cccc(I)c1CC(=O)O. The number of carboxylic acids is 2. The largest absolute Gasteiger partial charge is 0.481 e. The van der Waals surface area contributed by atoms with E-state index in [4.69, 9.17) is 10.2 Å². The smallest absolute Gasteiger partial charge is 0.307 e. The summed E-state index contributed by atoms with van der Waals surface area (Å²) in [5, 5.41) is 17.4. The highest BCUT2D eigenvalue weighted by molar-refractivity contribution is 14.1. The molecule has 0 radical (unpaired) electrons. The minimum Gasteiger partial charge on any atom is -0.481 e. The number of hydrogen-bond donors (Lipinski definition) is 2. The Balaban J connectivity index is 0.00000225. The lowest BCUT2D eigenvalue weighted by Crippen LogP contribution is -2.09. The van der Waals surface area contributed by atoms with E-state index < -0.39 is 11.9 Å². The maximum atomic E-state index is 10.6. The number of benzene rings is 1. The summed E-state index contributed by atoms with van der Waals surface area (Å²) >= 11 is 2.01. The molecule has 0 saturated carbocycles. The summed E-state index contributed by atoms with van der Waals surface area (Å²) in [6, 6.07) is 5.14. The Labute approximate surface area is 123 Å². The van der Waals surface area contributed by atoms with Crippen molar-refractivity contribution in [2.75, 3.05) is 0 Å². The summed E-state index contributed by atoms with van der Waals surface area (Å²) in [6.07, 6.45) is -0.277. The molecule has 0 unspecified atom stereocenters. The Kier molecular flexibility index (Phi) is 6.88. The molecule has 1 rings (SSSR count). The lowest BCUT2D eigenvalue weighted by atomic mass is 10.0. The first-order chi connectivity index (χ1) is 7.00. The number of halogens is 2. The minimum atomic E-state index is -0.955. The van der Waals surface area contributed by atoms with Crippen molar-refractivity contribution >= 4 is 58.5 Å². The van der Waals surface area contributed by atoms with E-state index in [0.29, 0.717) is 11.1 Å². The Bertz CT molecular complexity index is 404. The van der Waals surface area contributed by atoms with Gasteiger partial charge in [0.05, 0.1) is 12.8 Å². The van der Waals surface area contributed by atoms with Crippen LogP contribution in [0.3, 0.4) is 0 Å². The number of aliphatic carboxylic acids is 2. The van der Waals surface area contributed by atoms with Gasteiger partial charge in [0.2, 0.25) is 0 Å². The number of carbonyl (C=O) groups is 2. The number of hydrogen-bond acceptors (Lipinski definition) is 2. The molecule has 88 valence electrons. The van der Waals surface area contributed by atoms with Gasteiger partial charge in [0, 0.05) is 3.57 Å². The Hall–Kier alpha value is -0.380. The fourth-order valence-electron chi connectivity index (χ4n) is 1.28. The zero-order valence-electron chi connectivity index (χ0n) is 8.14. The molecule has 0 bridgehead atoms. The molecule has 1 aromatic rings. The maximum absolute atomic E-state index is 10.6. The lowest BCUT2D eigenvalue weighted by Gasteiger charge is -2.07. The van der Waals surface area contributed by atoms with Gasteiger partial charge in [-0.05, 0) is 39.8 Å². The topological polar surface area (TPSA) is 74.6 Å². The summed E-state index contributed by atoms with van der Waals surface area (Å²) in [5.74, 6) is -1.91. The van der Waals surface area contributed by atoms with Crippen LogP contribution in [0, 0.1) is 3.57 Å². The fraction of sp³-hybridized carbons (Fsp3) is 0.200. The van der Waals surface area contributed by atoms with Crippen molar-refractivity contribution in [1.82, 2.24) is 0 Å². The molecular formula is C10H10I2O4. The molecule has 6 heteroatoms. The molecule has 16 heavy (non-hydrogen) atoms. The van der Waals surface area contributed by atoms with Crippen LogP contribution in [0.25, 0.3) is 0 Å². The van der Waals surface area contributed by atoms with Crippen molar-refractivity contribution in [1.29, 1.82) is 0 Å². The lowest BCUT2D eigenvalue weighted by molar-refractivity contribution is -0.137. The number of carboxylic acid groups (broad SMARTS) is 2. The van der Waals surface area contributed by atoms with E-state index in [1.807, 2.05) is 22.6 Å². The first-order valence-electron chi connectivity index (χ1n) is 4.20. The highest BCUT2D eigenvalue weighted by atomic mass is 127. The molecule has 0 aliphatic carbocycles. The van der Waals surface area contributed by atoms with Crippen molar-refractivity contribution in [3.8, 4) is 0 Å². The van der Waals surface area contributed by atoms with Crippen LogP contribution in [0.2, 0.25) is 0 Å². The molecule has 0 heterocycles. The van der Waals surface area contributed by atoms with Gasteiger partial charge in [-0.2, -0.15) is 0 Å². The summed E-state index contributed by atoms with van der Waals surface area (Å²) in [6.45, 7) is 0. The molecule has 0 aliphatic heterocycles. The Morgan fingerprint density at radius 3 is 2.19 bits per heavy atom. The molecule has 2 N–H and O–H groups in total. The molecule has 1 aromatic carbocycles. The molecule has 0 saturated heterocycles. The van der Waals surface area contributed by atoms with Crippen LogP contribution in [0.4, 0.5) is 0 Å². The van der Waals surface area contributed by atoms with Gasteiger partial charge in [0.1, 0.15) is 0 Å². The van der Waals surface area contributed by atoms with Crippen LogP contribution in [-0.2, 0) is 22.4 Å². The van der Waals surface area contributed by atoms with Gasteiger partial charge in [-0.25, -0.2) is 0 Å². The van der Waals surface area contributed by atoms with Gasteiger partial charge >= 0.3 is 11.9 Å². The van der Waals surface area contributed by atoms with Gasteiger partial charge in [0.15, 0.2) is 0 Å². The number of rotatable bonds is 4. The van der Waals surface area contributed by atoms with E-state index in [0.717, 1.165) is 3.57 Å². The predicted molar refractivity (Wildman–Crippen MR) is 77.3 cm³/mol. The van der Waals surface area contributed by atoms with Crippen molar-refractivity contribution < 1.29 is 19.8 Å². The summed E-state index contributed by atoms with van der Waals surface area (Å²) < 4.78 is 0.786. The van der Waals surface area contributed by atoms with E-state index in [1.165, 1.54) is 0 Å². The molecule has 0 aliphatic rings. The predicted octanol–water partition coefficient (Wildman–Crippen LogP) is 2.16. The Morgan fingerprint density at radius 2 is 1.69 bits per heavy atom. The first kappa shape index (κ1) is 15.6. The van der Waals surface area contributed by atoms with Gasteiger partial charge in [0.25, 0.3) is 0 Å². The summed E-state index contributed by atoms with van der Waals surface area (Å²) in [5.41, 5.74) is 1.16. The van der Waals surface area contributed by atoms with E-state index in [9.17, 15) is 9.59 Å². The summed E-state index contributed by atoms with van der Waals surface area (Å²) in [7, 11) is 0. The van der Waals surface area contributed by atoms with Crippen molar-refractivity contribution in [3.05, 3.63) is 32.9 Å². The zero-order valence-corrected chi connectivity index (χ0v) is 12.6. The molecule has 0 aromatic heterocycles. The van der Waals surface area contributed by atoms with E-state index in [1.54, 1.807) is 18.2 Å². The summed E-state index contributed by atoms with van der Waals surface area (Å²) in [4.78, 5) is 21.2. The zero-order chi connectivity index (χ0) is 11.4. The second-order valence-electron chi connectivity index (χ2n) is 3.02. The van der Waals surface area contributed by atoms with Crippen LogP contribution in [-0.4, -0.2) is 22.2 Å². The van der Waals surface area contributed by atoms with Gasteiger partial charge in [-0.3, -0.25) is 9.59 Å². The van der Waals surface area contributed by atoms with Gasteiger partial charge < -0.3 is 10.2 Å². The van der Waals surface area contributed by atoms with Crippen molar-refractivity contribution in [2.24, 2.45) is 0 Å². The Morgan fingerprint density at radius 1 is 1.12 bits per heavy atom. The van der Waals surface area contributed by atoms with Crippen LogP contribution in [0.15, 0.2) is 18.2 Å². The van der Waals surface area contributed by atoms with Gasteiger partial charge in [-0.15, -0.1) is 24.0 Å². The van der Waals surface area contributed by atoms with Crippen LogP contribution < -0.4 is 0 Å². The monoisotopic (exact) mass is 448 g/mol. The third-order valence-electron chi connectivity index (χ3n) is 1.89. The standard InChI is InChI=1S/C10H9IO4.HI/c11-8-3-1-2-6(4-9(12)13)7(8)5-10(14)15;/h1-3H,4-5H2,(H,12,13)(H,14,15);1H. The van der Waals surface area contributed by atoms with Gasteiger partial charge in [-0.1, -0.05) is 12.1 Å². The van der Waals surface area contributed by atoms with Crippen molar-refractivity contribution in [2.45, 2.75) is 12.8 Å². The molecule has 0 amide bonds. The van der Waals surface area contributed by atoms with E-state index >= 15 is 0 Å².